The number of carboxylic acids is 1. The molecule has 0 fully saturated rings. The average molecular weight is 195 g/mol. The van der Waals surface area contributed by atoms with E-state index in [0.717, 1.165) is 5.56 Å². The molecule has 0 saturated carbocycles. The van der Waals surface area contributed by atoms with E-state index in [1.165, 1.54) is 12.1 Å². The van der Waals surface area contributed by atoms with Crippen LogP contribution in [0, 0.1) is 5.82 Å². The maximum absolute atomic E-state index is 12.8. The van der Waals surface area contributed by atoms with Gasteiger partial charge in [0, 0.05) is 12.1 Å². The lowest BCUT2D eigenvalue weighted by molar-refractivity contribution is -0.141. The molecule has 1 heterocycles. The summed E-state index contributed by atoms with van der Waals surface area (Å²) in [6, 6.07) is 4.26. The van der Waals surface area contributed by atoms with Crippen LogP contribution in [-0.2, 0) is 11.2 Å². The van der Waals surface area contributed by atoms with E-state index in [-0.39, 0.29) is 5.82 Å². The number of carbonyl (C=O) groups is 1. The molecule has 4 heteroatoms. The topological polar surface area (TPSA) is 49.3 Å². The van der Waals surface area contributed by atoms with Crippen LogP contribution in [0.1, 0.15) is 12.5 Å². The SMILES string of the molecule is CC1(C(=O)O)Cc2cc(F)ccc2N1. The first-order valence-electron chi connectivity index (χ1n) is 4.31. The number of hydrogen-bond donors (Lipinski definition) is 2. The third kappa shape index (κ3) is 1.23. The number of halogens is 1. The Labute approximate surface area is 80.6 Å². The van der Waals surface area contributed by atoms with Crippen LogP contribution in [0.15, 0.2) is 18.2 Å². The molecule has 1 aliphatic heterocycles. The highest BCUT2D eigenvalue weighted by Gasteiger charge is 2.39. The number of hydrogen-bond acceptors (Lipinski definition) is 2. The Balaban J connectivity index is 2.39. The van der Waals surface area contributed by atoms with E-state index in [1.54, 1.807) is 13.0 Å². The molecule has 1 aliphatic rings. The molecule has 2 rings (SSSR count). The molecule has 0 amide bonds. The van der Waals surface area contributed by atoms with Gasteiger partial charge in [-0.3, -0.25) is 0 Å². The molecule has 0 saturated heterocycles. The van der Waals surface area contributed by atoms with Gasteiger partial charge in [-0.15, -0.1) is 0 Å². The van der Waals surface area contributed by atoms with Crippen molar-refractivity contribution in [2.45, 2.75) is 18.9 Å². The predicted molar refractivity (Wildman–Crippen MR) is 49.8 cm³/mol. The van der Waals surface area contributed by atoms with Crippen molar-refractivity contribution in [1.29, 1.82) is 0 Å². The van der Waals surface area contributed by atoms with E-state index in [4.69, 9.17) is 5.11 Å². The molecule has 0 spiro atoms. The molecule has 1 unspecified atom stereocenters. The van der Waals surface area contributed by atoms with Crippen molar-refractivity contribution in [3.63, 3.8) is 0 Å². The van der Waals surface area contributed by atoms with Gasteiger partial charge in [0.2, 0.25) is 0 Å². The van der Waals surface area contributed by atoms with Crippen molar-refractivity contribution in [2.75, 3.05) is 5.32 Å². The van der Waals surface area contributed by atoms with Crippen molar-refractivity contribution in [3.8, 4) is 0 Å². The summed E-state index contributed by atoms with van der Waals surface area (Å²) >= 11 is 0. The molecular formula is C10H10FNO2. The Morgan fingerprint density at radius 2 is 2.36 bits per heavy atom. The predicted octanol–water partition coefficient (Wildman–Crippen LogP) is 1.64. The van der Waals surface area contributed by atoms with Crippen molar-refractivity contribution < 1.29 is 14.3 Å². The normalized spacial score (nSPS) is 24.1. The van der Waals surface area contributed by atoms with Gasteiger partial charge < -0.3 is 10.4 Å². The van der Waals surface area contributed by atoms with Gasteiger partial charge >= 0.3 is 5.97 Å². The van der Waals surface area contributed by atoms with Gasteiger partial charge in [-0.1, -0.05) is 0 Å². The van der Waals surface area contributed by atoms with Crippen molar-refractivity contribution in [2.24, 2.45) is 0 Å². The second-order valence-corrected chi connectivity index (χ2v) is 3.74. The van der Waals surface area contributed by atoms with Crippen LogP contribution in [0.25, 0.3) is 0 Å². The monoisotopic (exact) mass is 195 g/mol. The first kappa shape index (κ1) is 8.99. The lowest BCUT2D eigenvalue weighted by atomic mass is 9.98. The molecule has 1 atom stereocenters. The summed E-state index contributed by atoms with van der Waals surface area (Å²) in [6.07, 6.45) is 0.315. The molecule has 14 heavy (non-hydrogen) atoms. The van der Waals surface area contributed by atoms with Gasteiger partial charge in [-0.05, 0) is 30.7 Å². The van der Waals surface area contributed by atoms with Crippen LogP contribution in [-0.4, -0.2) is 16.6 Å². The van der Waals surface area contributed by atoms with Crippen LogP contribution < -0.4 is 5.32 Å². The summed E-state index contributed by atoms with van der Waals surface area (Å²) in [7, 11) is 0. The highest BCUT2D eigenvalue weighted by atomic mass is 19.1. The highest BCUT2D eigenvalue weighted by Crippen LogP contribution is 2.32. The van der Waals surface area contributed by atoms with E-state index >= 15 is 0 Å². The Morgan fingerprint density at radius 3 is 3.00 bits per heavy atom. The number of benzene rings is 1. The Kier molecular flexibility index (Phi) is 1.74. The van der Waals surface area contributed by atoms with Crippen LogP contribution in [0.3, 0.4) is 0 Å². The van der Waals surface area contributed by atoms with Gasteiger partial charge in [0.1, 0.15) is 11.4 Å². The van der Waals surface area contributed by atoms with Gasteiger partial charge in [0.25, 0.3) is 0 Å². The number of rotatable bonds is 1. The molecule has 0 radical (unpaired) electrons. The Morgan fingerprint density at radius 1 is 1.64 bits per heavy atom. The number of aliphatic carboxylic acids is 1. The number of nitrogens with one attached hydrogen (secondary N) is 1. The fraction of sp³-hybridized carbons (Fsp3) is 0.300. The maximum Gasteiger partial charge on any atom is 0.329 e. The fourth-order valence-electron chi connectivity index (χ4n) is 1.68. The largest absolute Gasteiger partial charge is 0.480 e. The molecule has 74 valence electrons. The first-order valence-corrected chi connectivity index (χ1v) is 4.31. The number of fused-ring (bicyclic) bond motifs is 1. The van der Waals surface area contributed by atoms with Crippen LogP contribution in [0.2, 0.25) is 0 Å². The van der Waals surface area contributed by atoms with Crippen LogP contribution in [0.5, 0.6) is 0 Å². The summed E-state index contributed by atoms with van der Waals surface area (Å²) in [5.74, 6) is -1.26. The van der Waals surface area contributed by atoms with Crippen molar-refractivity contribution in [1.82, 2.24) is 0 Å². The zero-order valence-corrected chi connectivity index (χ0v) is 7.67. The minimum atomic E-state index is -1.00. The summed E-state index contributed by atoms with van der Waals surface area (Å²) in [6.45, 7) is 1.59. The van der Waals surface area contributed by atoms with Gasteiger partial charge in [0.05, 0.1) is 0 Å². The minimum Gasteiger partial charge on any atom is -0.480 e. The zero-order valence-electron chi connectivity index (χ0n) is 7.67. The summed E-state index contributed by atoms with van der Waals surface area (Å²) in [5.41, 5.74) is 0.419. The van der Waals surface area contributed by atoms with E-state index in [0.29, 0.717) is 12.1 Å². The van der Waals surface area contributed by atoms with Crippen LogP contribution >= 0.6 is 0 Å². The molecule has 3 nitrogen and oxygen atoms in total. The molecular weight excluding hydrogens is 185 g/mol. The molecule has 1 aromatic rings. The molecule has 0 aromatic heterocycles. The first-order chi connectivity index (χ1) is 6.51. The minimum absolute atomic E-state index is 0.315. The van der Waals surface area contributed by atoms with Gasteiger partial charge in [-0.25, -0.2) is 9.18 Å². The molecule has 0 aliphatic carbocycles. The van der Waals surface area contributed by atoms with E-state index < -0.39 is 11.5 Å². The lowest BCUT2D eigenvalue weighted by Crippen LogP contribution is -2.41. The number of anilines is 1. The van der Waals surface area contributed by atoms with Crippen molar-refractivity contribution in [3.05, 3.63) is 29.6 Å². The lowest BCUT2D eigenvalue weighted by Gasteiger charge is -2.18. The highest BCUT2D eigenvalue weighted by molar-refractivity contribution is 5.85. The van der Waals surface area contributed by atoms with Gasteiger partial charge in [-0.2, -0.15) is 0 Å². The molecule has 2 N–H and O–H groups in total. The standard InChI is InChI=1S/C10H10FNO2/c1-10(9(13)14)5-6-4-7(11)2-3-8(6)12-10/h2-4,12H,5H2,1H3,(H,13,14). The molecule has 1 aromatic carbocycles. The quantitative estimate of drug-likeness (QED) is 0.716. The van der Waals surface area contributed by atoms with Crippen molar-refractivity contribution >= 4 is 11.7 Å². The summed E-state index contributed by atoms with van der Waals surface area (Å²) in [5, 5.41) is 11.8. The smallest absolute Gasteiger partial charge is 0.329 e. The van der Waals surface area contributed by atoms with E-state index in [2.05, 4.69) is 5.32 Å². The maximum atomic E-state index is 12.8. The number of carboxylic acid groups (broad SMARTS) is 1. The van der Waals surface area contributed by atoms with Gasteiger partial charge in [0.15, 0.2) is 0 Å². The second-order valence-electron chi connectivity index (χ2n) is 3.74. The Hall–Kier alpha value is -1.58. The van der Waals surface area contributed by atoms with E-state index in [9.17, 15) is 9.18 Å². The summed E-state index contributed by atoms with van der Waals surface area (Å²) in [4.78, 5) is 10.9. The summed E-state index contributed by atoms with van der Waals surface area (Å²) < 4.78 is 12.8. The zero-order chi connectivity index (χ0) is 10.3. The Bertz CT molecular complexity index is 405. The third-order valence-corrected chi connectivity index (χ3v) is 2.49. The third-order valence-electron chi connectivity index (χ3n) is 2.49. The second kappa shape index (κ2) is 2.70. The average Bonchev–Trinajstić information content (AvgIpc) is 2.42. The molecule has 0 bridgehead atoms. The van der Waals surface area contributed by atoms with Crippen LogP contribution in [0.4, 0.5) is 10.1 Å². The van der Waals surface area contributed by atoms with E-state index in [1.807, 2.05) is 0 Å². The fourth-order valence-corrected chi connectivity index (χ4v) is 1.68.